The SMILES string of the molecule is CCOc1ccc(CNc2cccc(NC(=O)CC(C)C)c2)cc1Cl. The minimum absolute atomic E-state index is 0.0328. The third-order valence-corrected chi connectivity index (χ3v) is 3.83. The van der Waals surface area contributed by atoms with Crippen LogP contribution in [0.2, 0.25) is 5.02 Å². The molecule has 4 nitrogen and oxygen atoms in total. The monoisotopic (exact) mass is 360 g/mol. The number of rotatable bonds is 8. The first-order chi connectivity index (χ1) is 12.0. The molecule has 25 heavy (non-hydrogen) atoms. The number of halogens is 1. The molecule has 134 valence electrons. The summed E-state index contributed by atoms with van der Waals surface area (Å²) in [4.78, 5) is 11.9. The molecule has 0 unspecified atom stereocenters. The van der Waals surface area contributed by atoms with Gasteiger partial charge in [-0.2, -0.15) is 0 Å². The van der Waals surface area contributed by atoms with E-state index < -0.39 is 0 Å². The number of nitrogens with one attached hydrogen (secondary N) is 2. The summed E-state index contributed by atoms with van der Waals surface area (Å²) in [5.74, 6) is 1.07. The van der Waals surface area contributed by atoms with Gasteiger partial charge in [0.05, 0.1) is 11.6 Å². The Morgan fingerprint density at radius 3 is 2.60 bits per heavy atom. The maximum Gasteiger partial charge on any atom is 0.224 e. The number of hydrogen-bond donors (Lipinski definition) is 2. The standard InChI is InChI=1S/C20H25ClN2O2/c1-4-25-19-9-8-15(11-18(19)21)13-22-16-6-5-7-17(12-16)23-20(24)10-14(2)3/h5-9,11-12,14,22H,4,10,13H2,1-3H3,(H,23,24). The number of carbonyl (C=O) groups excluding carboxylic acids is 1. The molecule has 0 aliphatic rings. The zero-order valence-electron chi connectivity index (χ0n) is 14.9. The van der Waals surface area contributed by atoms with E-state index in [0.29, 0.717) is 36.3 Å². The Morgan fingerprint density at radius 1 is 1.16 bits per heavy atom. The number of amides is 1. The molecule has 0 radical (unpaired) electrons. The average molecular weight is 361 g/mol. The van der Waals surface area contributed by atoms with E-state index in [0.717, 1.165) is 16.9 Å². The fraction of sp³-hybridized carbons (Fsp3) is 0.350. The molecule has 0 aliphatic heterocycles. The van der Waals surface area contributed by atoms with Gasteiger partial charge in [-0.1, -0.05) is 37.6 Å². The molecule has 2 N–H and O–H groups in total. The molecule has 2 aromatic carbocycles. The topological polar surface area (TPSA) is 50.4 Å². The number of hydrogen-bond acceptors (Lipinski definition) is 3. The first-order valence-corrected chi connectivity index (χ1v) is 8.90. The van der Waals surface area contributed by atoms with Gasteiger partial charge in [0.25, 0.3) is 0 Å². The van der Waals surface area contributed by atoms with Crippen molar-refractivity contribution in [2.75, 3.05) is 17.2 Å². The molecule has 0 aromatic heterocycles. The number of ether oxygens (including phenoxy) is 1. The van der Waals surface area contributed by atoms with E-state index in [4.69, 9.17) is 16.3 Å². The van der Waals surface area contributed by atoms with Gasteiger partial charge in [-0.3, -0.25) is 4.79 Å². The summed E-state index contributed by atoms with van der Waals surface area (Å²) < 4.78 is 5.44. The van der Waals surface area contributed by atoms with Crippen LogP contribution in [0.3, 0.4) is 0 Å². The van der Waals surface area contributed by atoms with Gasteiger partial charge in [-0.15, -0.1) is 0 Å². The summed E-state index contributed by atoms with van der Waals surface area (Å²) in [6.45, 7) is 7.21. The Kier molecular flexibility index (Phi) is 7.14. The highest BCUT2D eigenvalue weighted by molar-refractivity contribution is 6.32. The minimum atomic E-state index is 0.0328. The molecule has 0 bridgehead atoms. The molecule has 0 aliphatic carbocycles. The Bertz CT molecular complexity index is 717. The van der Waals surface area contributed by atoms with Crippen LogP contribution in [-0.2, 0) is 11.3 Å². The lowest BCUT2D eigenvalue weighted by Gasteiger charge is -2.12. The highest BCUT2D eigenvalue weighted by atomic mass is 35.5. The second-order valence-electron chi connectivity index (χ2n) is 6.28. The van der Waals surface area contributed by atoms with E-state index in [-0.39, 0.29) is 5.91 Å². The van der Waals surface area contributed by atoms with Crippen LogP contribution in [0.1, 0.15) is 32.8 Å². The van der Waals surface area contributed by atoms with Crippen molar-refractivity contribution < 1.29 is 9.53 Å². The smallest absolute Gasteiger partial charge is 0.224 e. The van der Waals surface area contributed by atoms with E-state index in [1.165, 1.54) is 0 Å². The third-order valence-electron chi connectivity index (χ3n) is 3.53. The molecule has 0 fully saturated rings. The van der Waals surface area contributed by atoms with Gasteiger partial charge in [0.1, 0.15) is 5.75 Å². The molecule has 0 atom stereocenters. The second-order valence-corrected chi connectivity index (χ2v) is 6.69. The number of anilines is 2. The van der Waals surface area contributed by atoms with Crippen LogP contribution in [0.15, 0.2) is 42.5 Å². The molecule has 0 heterocycles. The van der Waals surface area contributed by atoms with Crippen LogP contribution in [0.5, 0.6) is 5.75 Å². The van der Waals surface area contributed by atoms with E-state index in [1.54, 1.807) is 0 Å². The summed E-state index contributed by atoms with van der Waals surface area (Å²) in [7, 11) is 0. The number of benzene rings is 2. The Balaban J connectivity index is 1.96. The molecule has 0 spiro atoms. The van der Waals surface area contributed by atoms with Crippen molar-refractivity contribution in [3.05, 3.63) is 53.1 Å². The lowest BCUT2D eigenvalue weighted by Crippen LogP contribution is -2.13. The van der Waals surface area contributed by atoms with Crippen molar-refractivity contribution in [3.63, 3.8) is 0 Å². The molecular weight excluding hydrogens is 336 g/mol. The van der Waals surface area contributed by atoms with Gasteiger partial charge in [-0.05, 0) is 48.7 Å². The van der Waals surface area contributed by atoms with Gasteiger partial charge in [0.15, 0.2) is 0 Å². The quantitative estimate of drug-likeness (QED) is 0.668. The maximum atomic E-state index is 11.9. The van der Waals surface area contributed by atoms with Crippen molar-refractivity contribution in [2.24, 2.45) is 5.92 Å². The van der Waals surface area contributed by atoms with E-state index >= 15 is 0 Å². The van der Waals surface area contributed by atoms with Crippen molar-refractivity contribution in [3.8, 4) is 5.75 Å². The van der Waals surface area contributed by atoms with Crippen molar-refractivity contribution in [1.29, 1.82) is 0 Å². The Morgan fingerprint density at radius 2 is 1.92 bits per heavy atom. The summed E-state index contributed by atoms with van der Waals surface area (Å²) in [5.41, 5.74) is 2.79. The Labute approximate surface area is 154 Å². The third kappa shape index (κ3) is 6.31. The largest absolute Gasteiger partial charge is 0.492 e. The fourth-order valence-corrected chi connectivity index (χ4v) is 2.68. The second kappa shape index (κ2) is 9.33. The van der Waals surface area contributed by atoms with Crippen LogP contribution in [0.4, 0.5) is 11.4 Å². The molecule has 2 aromatic rings. The molecule has 0 saturated heterocycles. The van der Waals surface area contributed by atoms with Gasteiger partial charge in [0.2, 0.25) is 5.91 Å². The highest BCUT2D eigenvalue weighted by Gasteiger charge is 2.06. The van der Waals surface area contributed by atoms with Crippen LogP contribution in [0, 0.1) is 5.92 Å². The van der Waals surface area contributed by atoms with Gasteiger partial charge >= 0.3 is 0 Å². The first-order valence-electron chi connectivity index (χ1n) is 8.53. The maximum absolute atomic E-state index is 11.9. The lowest BCUT2D eigenvalue weighted by atomic mass is 10.1. The zero-order valence-corrected chi connectivity index (χ0v) is 15.7. The first kappa shape index (κ1) is 19.1. The van der Waals surface area contributed by atoms with Crippen LogP contribution < -0.4 is 15.4 Å². The fourth-order valence-electron chi connectivity index (χ4n) is 2.42. The zero-order chi connectivity index (χ0) is 18.2. The van der Waals surface area contributed by atoms with E-state index in [9.17, 15) is 4.79 Å². The van der Waals surface area contributed by atoms with Gasteiger partial charge in [-0.25, -0.2) is 0 Å². The summed E-state index contributed by atoms with van der Waals surface area (Å²) in [6.07, 6.45) is 0.516. The van der Waals surface area contributed by atoms with Crippen molar-refractivity contribution >= 4 is 28.9 Å². The number of carbonyl (C=O) groups is 1. The van der Waals surface area contributed by atoms with Crippen molar-refractivity contribution in [1.82, 2.24) is 0 Å². The summed E-state index contributed by atoms with van der Waals surface area (Å²) in [5, 5.41) is 6.88. The molecule has 1 amide bonds. The van der Waals surface area contributed by atoms with Crippen LogP contribution >= 0.6 is 11.6 Å². The molecule has 5 heteroatoms. The highest BCUT2D eigenvalue weighted by Crippen LogP contribution is 2.26. The normalized spacial score (nSPS) is 10.6. The minimum Gasteiger partial charge on any atom is -0.492 e. The van der Waals surface area contributed by atoms with Crippen molar-refractivity contribution in [2.45, 2.75) is 33.7 Å². The predicted molar refractivity (Wildman–Crippen MR) is 104 cm³/mol. The molecule has 2 rings (SSSR count). The van der Waals surface area contributed by atoms with Crippen LogP contribution in [-0.4, -0.2) is 12.5 Å². The van der Waals surface area contributed by atoms with E-state index in [1.807, 2.05) is 63.2 Å². The average Bonchev–Trinajstić information content (AvgIpc) is 2.55. The van der Waals surface area contributed by atoms with Gasteiger partial charge in [0, 0.05) is 24.3 Å². The van der Waals surface area contributed by atoms with Gasteiger partial charge < -0.3 is 15.4 Å². The predicted octanol–water partition coefficient (Wildman–Crippen LogP) is 5.34. The molecule has 0 saturated carbocycles. The molecular formula is C20H25ClN2O2. The van der Waals surface area contributed by atoms with Crippen LogP contribution in [0.25, 0.3) is 0 Å². The Hall–Kier alpha value is -2.20. The van der Waals surface area contributed by atoms with E-state index in [2.05, 4.69) is 10.6 Å². The lowest BCUT2D eigenvalue weighted by molar-refractivity contribution is -0.116. The summed E-state index contributed by atoms with van der Waals surface area (Å²) in [6, 6.07) is 13.5. The summed E-state index contributed by atoms with van der Waals surface area (Å²) >= 11 is 6.21.